The van der Waals surface area contributed by atoms with E-state index < -0.39 is 12.4 Å². The molecule has 8 nitrogen and oxygen atoms in total. The number of carbonyl (C=O) groups is 1. The van der Waals surface area contributed by atoms with E-state index in [1.165, 1.54) is 0 Å². The molecule has 0 unspecified atom stereocenters. The second-order valence-corrected chi connectivity index (χ2v) is 10.3. The molecule has 0 saturated carbocycles. The van der Waals surface area contributed by atoms with Crippen LogP contribution in [0.4, 0.5) is 4.79 Å². The third kappa shape index (κ3) is 7.90. The fraction of sp³-hybridized carbons (Fsp3) is 0.406. The molecule has 1 aliphatic rings. The van der Waals surface area contributed by atoms with Crippen molar-refractivity contribution in [3.8, 4) is 0 Å². The Morgan fingerprint density at radius 1 is 0.950 bits per heavy atom. The van der Waals surface area contributed by atoms with Crippen LogP contribution in [0.3, 0.4) is 0 Å². The van der Waals surface area contributed by atoms with E-state index in [1.54, 1.807) is 0 Å². The molecule has 2 amide bonds. The lowest BCUT2D eigenvalue weighted by Gasteiger charge is -2.39. The molecule has 40 heavy (non-hydrogen) atoms. The van der Waals surface area contributed by atoms with Crippen molar-refractivity contribution in [3.05, 3.63) is 107 Å². The molecule has 214 valence electrons. The van der Waals surface area contributed by atoms with Crippen LogP contribution < -0.4 is 10.6 Å². The highest BCUT2D eigenvalue weighted by Crippen LogP contribution is 2.38. The van der Waals surface area contributed by atoms with Crippen LogP contribution in [-0.2, 0) is 22.6 Å². The molecule has 5 atom stereocenters. The van der Waals surface area contributed by atoms with Crippen molar-refractivity contribution >= 4 is 6.03 Å². The van der Waals surface area contributed by atoms with Gasteiger partial charge in [-0.3, -0.25) is 4.90 Å². The Hall–Kier alpha value is -3.27. The average molecular weight is 548 g/mol. The Morgan fingerprint density at radius 3 is 2.25 bits per heavy atom. The van der Waals surface area contributed by atoms with Crippen LogP contribution in [0.15, 0.2) is 78.9 Å². The van der Waals surface area contributed by atoms with Crippen LogP contribution in [0.2, 0.25) is 0 Å². The first-order valence-electron chi connectivity index (χ1n) is 13.9. The molecule has 0 bridgehead atoms. The van der Waals surface area contributed by atoms with Crippen LogP contribution in [0.25, 0.3) is 0 Å². The van der Waals surface area contributed by atoms with Gasteiger partial charge in [-0.15, -0.1) is 0 Å². The number of nitrogens with zero attached hydrogens (tertiary/aromatic N) is 1. The number of hydrogen-bond acceptors (Lipinski definition) is 6. The second-order valence-electron chi connectivity index (χ2n) is 10.3. The summed E-state index contributed by atoms with van der Waals surface area (Å²) in [5.74, 6) is 0. The Bertz CT molecular complexity index is 1190. The molecular formula is C32H41N3O5. The zero-order valence-electron chi connectivity index (χ0n) is 23.5. The normalized spacial score (nSPS) is 20.6. The summed E-state index contributed by atoms with van der Waals surface area (Å²) in [5.41, 5.74) is 4.63. The highest BCUT2D eigenvalue weighted by atomic mass is 16.7. The highest BCUT2D eigenvalue weighted by Gasteiger charge is 2.34. The molecule has 0 spiro atoms. The predicted molar refractivity (Wildman–Crippen MR) is 154 cm³/mol. The van der Waals surface area contributed by atoms with Crippen molar-refractivity contribution in [1.82, 2.24) is 15.5 Å². The Morgan fingerprint density at radius 2 is 1.60 bits per heavy atom. The van der Waals surface area contributed by atoms with E-state index in [4.69, 9.17) is 9.47 Å². The first-order valence-corrected chi connectivity index (χ1v) is 13.9. The van der Waals surface area contributed by atoms with Gasteiger partial charge in [-0.1, -0.05) is 78.9 Å². The van der Waals surface area contributed by atoms with Crippen molar-refractivity contribution in [3.63, 3.8) is 0 Å². The van der Waals surface area contributed by atoms with Gasteiger partial charge in [0.25, 0.3) is 0 Å². The average Bonchev–Trinajstić information content (AvgIpc) is 3.00. The van der Waals surface area contributed by atoms with Crippen LogP contribution >= 0.6 is 0 Å². The summed E-state index contributed by atoms with van der Waals surface area (Å²) in [6.45, 7) is 5.51. The standard InChI is InChI=1S/C32H41N3O5/c1-4-33-32(38)34-19-23-10-16-27(17-11-23)31-39-28(18-29(40-31)25-14-12-24(21-36)13-15-25)20-35(3)22(2)30(37)26-8-6-5-7-9-26/h5-17,22,28-31,36-37H,4,18-21H2,1-3H3,(H2,33,34,38)/t22-,28-,29+,30-,31+/m0/s1. The molecule has 1 aliphatic heterocycles. The number of amides is 2. The van der Waals surface area contributed by atoms with E-state index in [2.05, 4.69) is 15.5 Å². The Labute approximate surface area is 236 Å². The zero-order valence-corrected chi connectivity index (χ0v) is 23.5. The molecule has 3 aromatic carbocycles. The molecule has 4 rings (SSSR count). The van der Waals surface area contributed by atoms with Gasteiger partial charge in [0.1, 0.15) is 0 Å². The van der Waals surface area contributed by atoms with Gasteiger partial charge in [0.2, 0.25) is 0 Å². The molecule has 1 saturated heterocycles. The van der Waals surface area contributed by atoms with E-state index in [1.807, 2.05) is 99.8 Å². The number of hydrogen-bond donors (Lipinski definition) is 4. The van der Waals surface area contributed by atoms with Gasteiger partial charge >= 0.3 is 6.03 Å². The fourth-order valence-corrected chi connectivity index (χ4v) is 4.89. The Balaban J connectivity index is 1.48. The van der Waals surface area contributed by atoms with E-state index in [0.717, 1.165) is 27.8 Å². The summed E-state index contributed by atoms with van der Waals surface area (Å²) in [7, 11) is 2.01. The number of carbonyl (C=O) groups excluding carboxylic acids is 1. The number of ether oxygens (including phenoxy) is 2. The minimum atomic E-state index is -0.621. The second kappa shape index (κ2) is 14.4. The van der Waals surface area contributed by atoms with Crippen molar-refractivity contribution in [2.24, 2.45) is 0 Å². The topological polar surface area (TPSA) is 103 Å². The van der Waals surface area contributed by atoms with E-state index in [9.17, 15) is 15.0 Å². The SMILES string of the molecule is CCNC(=O)NCc1ccc([C@@H]2O[C@H](CN(C)[C@@H](C)[C@H](O)c3ccccc3)C[C@H](c3ccc(CO)cc3)O2)cc1. The number of benzene rings is 3. The summed E-state index contributed by atoms with van der Waals surface area (Å²) in [4.78, 5) is 13.9. The molecule has 1 heterocycles. The quantitative estimate of drug-likeness (QED) is 0.280. The summed E-state index contributed by atoms with van der Waals surface area (Å²) in [5, 5.41) is 26.0. The summed E-state index contributed by atoms with van der Waals surface area (Å²) in [6.07, 6.45) is -0.880. The molecule has 0 aromatic heterocycles. The fourth-order valence-electron chi connectivity index (χ4n) is 4.89. The van der Waals surface area contributed by atoms with Gasteiger partial charge in [0, 0.05) is 37.7 Å². The van der Waals surface area contributed by atoms with Crippen molar-refractivity contribution in [2.45, 2.75) is 64.1 Å². The molecular weight excluding hydrogens is 506 g/mol. The van der Waals surface area contributed by atoms with E-state index in [0.29, 0.717) is 26.1 Å². The van der Waals surface area contributed by atoms with Gasteiger partial charge in [-0.25, -0.2) is 4.79 Å². The monoisotopic (exact) mass is 547 g/mol. The van der Waals surface area contributed by atoms with Crippen LogP contribution in [0.1, 0.15) is 66.6 Å². The summed E-state index contributed by atoms with van der Waals surface area (Å²) in [6, 6.07) is 25.1. The molecule has 4 N–H and O–H groups in total. The Kier molecular flexibility index (Phi) is 10.7. The molecule has 1 fully saturated rings. The lowest BCUT2D eigenvalue weighted by Crippen LogP contribution is -2.43. The van der Waals surface area contributed by atoms with Gasteiger partial charge in [0.15, 0.2) is 6.29 Å². The molecule has 0 radical (unpaired) electrons. The van der Waals surface area contributed by atoms with Gasteiger partial charge in [-0.05, 0) is 43.1 Å². The smallest absolute Gasteiger partial charge is 0.315 e. The van der Waals surface area contributed by atoms with Crippen molar-refractivity contribution in [1.29, 1.82) is 0 Å². The van der Waals surface area contributed by atoms with Gasteiger partial charge in [0.05, 0.1) is 24.9 Å². The minimum absolute atomic E-state index is 0.00605. The number of aliphatic hydroxyl groups is 2. The third-order valence-corrected chi connectivity index (χ3v) is 7.44. The van der Waals surface area contributed by atoms with Gasteiger partial charge in [-0.2, -0.15) is 0 Å². The summed E-state index contributed by atoms with van der Waals surface area (Å²) < 4.78 is 12.9. The number of nitrogens with one attached hydrogen (secondary N) is 2. The lowest BCUT2D eigenvalue weighted by molar-refractivity contribution is -0.253. The first-order chi connectivity index (χ1) is 19.4. The van der Waals surface area contributed by atoms with E-state index >= 15 is 0 Å². The largest absolute Gasteiger partial charge is 0.392 e. The number of rotatable bonds is 11. The maximum atomic E-state index is 11.7. The van der Waals surface area contributed by atoms with Crippen molar-refractivity contribution < 1.29 is 24.5 Å². The van der Waals surface area contributed by atoms with Crippen LogP contribution in [-0.4, -0.2) is 53.4 Å². The molecule has 0 aliphatic carbocycles. The minimum Gasteiger partial charge on any atom is -0.392 e. The maximum absolute atomic E-state index is 11.7. The predicted octanol–water partition coefficient (Wildman–Crippen LogP) is 4.60. The third-order valence-electron chi connectivity index (χ3n) is 7.44. The highest BCUT2D eigenvalue weighted by molar-refractivity contribution is 5.73. The van der Waals surface area contributed by atoms with Gasteiger partial charge < -0.3 is 30.3 Å². The van der Waals surface area contributed by atoms with Crippen molar-refractivity contribution in [2.75, 3.05) is 20.1 Å². The number of urea groups is 1. The summed E-state index contributed by atoms with van der Waals surface area (Å²) >= 11 is 0. The first kappa shape index (κ1) is 29.7. The molecule has 8 heteroatoms. The van der Waals surface area contributed by atoms with Crippen LogP contribution in [0.5, 0.6) is 0 Å². The maximum Gasteiger partial charge on any atom is 0.315 e. The molecule has 3 aromatic rings. The zero-order chi connectivity index (χ0) is 28.5. The van der Waals surface area contributed by atoms with E-state index in [-0.39, 0.29) is 30.9 Å². The van der Waals surface area contributed by atoms with Crippen LogP contribution in [0, 0.1) is 0 Å². The number of aliphatic hydroxyl groups excluding tert-OH is 2. The lowest BCUT2D eigenvalue weighted by atomic mass is 9.98. The number of likely N-dealkylation sites (N-methyl/N-ethyl adjacent to an activating group) is 1.